The minimum Gasteiger partial charge on any atom is -0.328 e. The van der Waals surface area contributed by atoms with E-state index < -0.39 is 0 Å². The van der Waals surface area contributed by atoms with Gasteiger partial charge in [0, 0.05) is 31.7 Å². The zero-order chi connectivity index (χ0) is 10.1. The fraction of sp³-hybridized carbons (Fsp3) is 1.00. The summed E-state index contributed by atoms with van der Waals surface area (Å²) in [5.74, 6) is 0.883. The van der Waals surface area contributed by atoms with Gasteiger partial charge in [-0.2, -0.15) is 0 Å². The van der Waals surface area contributed by atoms with Crippen LogP contribution < -0.4 is 5.73 Å². The third kappa shape index (κ3) is 2.27. The third-order valence-corrected chi connectivity index (χ3v) is 3.77. The molecule has 0 aromatic carbocycles. The summed E-state index contributed by atoms with van der Waals surface area (Å²) in [6, 6.07) is 1.29. The lowest BCUT2D eigenvalue weighted by molar-refractivity contribution is 0.0509. The number of rotatable bonds is 3. The summed E-state index contributed by atoms with van der Waals surface area (Å²) in [5, 5.41) is 0. The average molecular weight is 197 g/mol. The van der Waals surface area contributed by atoms with E-state index in [4.69, 9.17) is 5.73 Å². The van der Waals surface area contributed by atoms with Crippen molar-refractivity contribution < 1.29 is 0 Å². The van der Waals surface area contributed by atoms with Crippen LogP contribution >= 0.6 is 0 Å². The zero-order valence-electron chi connectivity index (χ0n) is 9.45. The Morgan fingerprint density at radius 1 is 1.29 bits per heavy atom. The molecule has 82 valence electrons. The molecule has 1 heterocycles. The standard InChI is InChI=1S/C11H23N3/c1-13(2)11-7-14(8-11)6-9-3-4-10(12)5-9/h9-11H,3-8,12H2,1-2H3. The minimum absolute atomic E-state index is 0.492. The van der Waals surface area contributed by atoms with Crippen molar-refractivity contribution >= 4 is 0 Å². The molecule has 0 bridgehead atoms. The summed E-state index contributed by atoms with van der Waals surface area (Å²) in [6.07, 6.45) is 3.85. The Kier molecular flexibility index (Phi) is 3.10. The fourth-order valence-electron chi connectivity index (χ4n) is 2.66. The first-order valence-corrected chi connectivity index (χ1v) is 5.79. The van der Waals surface area contributed by atoms with Crippen LogP contribution in [0.1, 0.15) is 19.3 Å². The van der Waals surface area contributed by atoms with Crippen LogP contribution in [0.5, 0.6) is 0 Å². The minimum atomic E-state index is 0.492. The van der Waals surface area contributed by atoms with E-state index in [0.717, 1.165) is 12.0 Å². The van der Waals surface area contributed by atoms with E-state index in [9.17, 15) is 0 Å². The molecule has 3 heteroatoms. The first-order chi connectivity index (χ1) is 6.65. The first-order valence-electron chi connectivity index (χ1n) is 5.79. The number of nitrogens with zero attached hydrogens (tertiary/aromatic N) is 2. The number of hydrogen-bond acceptors (Lipinski definition) is 3. The van der Waals surface area contributed by atoms with E-state index in [-0.39, 0.29) is 0 Å². The molecule has 3 nitrogen and oxygen atoms in total. The highest BCUT2D eigenvalue weighted by Crippen LogP contribution is 2.26. The molecule has 0 aromatic rings. The van der Waals surface area contributed by atoms with Gasteiger partial charge in [-0.25, -0.2) is 0 Å². The Bertz CT molecular complexity index is 187. The summed E-state index contributed by atoms with van der Waals surface area (Å²) in [7, 11) is 4.35. The number of likely N-dealkylation sites (N-methyl/N-ethyl adjacent to an activating group) is 1. The second kappa shape index (κ2) is 4.17. The fourth-order valence-corrected chi connectivity index (χ4v) is 2.66. The molecule has 1 saturated carbocycles. The molecule has 2 fully saturated rings. The highest BCUT2D eigenvalue weighted by atomic mass is 15.3. The lowest BCUT2D eigenvalue weighted by atomic mass is 10.0. The van der Waals surface area contributed by atoms with Gasteiger partial charge in [0.25, 0.3) is 0 Å². The van der Waals surface area contributed by atoms with Crippen LogP contribution in [0.25, 0.3) is 0 Å². The van der Waals surface area contributed by atoms with Crippen LogP contribution in [0.4, 0.5) is 0 Å². The molecule has 2 atom stereocenters. The summed E-state index contributed by atoms with van der Waals surface area (Å²) < 4.78 is 0. The van der Waals surface area contributed by atoms with Crippen molar-refractivity contribution in [2.45, 2.75) is 31.3 Å². The molecule has 2 unspecified atom stereocenters. The van der Waals surface area contributed by atoms with Crippen molar-refractivity contribution in [3.63, 3.8) is 0 Å². The Labute approximate surface area is 87.2 Å². The predicted octanol–water partition coefficient (Wildman–Crippen LogP) is 0.360. The number of hydrogen-bond donors (Lipinski definition) is 1. The molecule has 0 spiro atoms. The molecule has 1 aliphatic heterocycles. The molecule has 2 aliphatic rings. The Morgan fingerprint density at radius 2 is 2.00 bits per heavy atom. The van der Waals surface area contributed by atoms with Gasteiger partial charge < -0.3 is 10.6 Å². The molecule has 1 saturated heterocycles. The second-order valence-corrected chi connectivity index (χ2v) is 5.28. The van der Waals surface area contributed by atoms with Crippen LogP contribution in [0, 0.1) is 5.92 Å². The largest absolute Gasteiger partial charge is 0.328 e. The summed E-state index contributed by atoms with van der Waals surface area (Å²) in [4.78, 5) is 4.91. The van der Waals surface area contributed by atoms with Gasteiger partial charge in [-0.1, -0.05) is 0 Å². The van der Waals surface area contributed by atoms with E-state index in [1.165, 1.54) is 38.9 Å². The van der Waals surface area contributed by atoms with Gasteiger partial charge in [-0.15, -0.1) is 0 Å². The smallest absolute Gasteiger partial charge is 0.0344 e. The van der Waals surface area contributed by atoms with Gasteiger partial charge in [0.2, 0.25) is 0 Å². The molecule has 0 amide bonds. The van der Waals surface area contributed by atoms with Gasteiger partial charge in [-0.3, -0.25) is 4.90 Å². The van der Waals surface area contributed by atoms with E-state index in [0.29, 0.717) is 6.04 Å². The van der Waals surface area contributed by atoms with E-state index in [1.54, 1.807) is 0 Å². The lowest BCUT2D eigenvalue weighted by Crippen LogP contribution is -2.58. The quantitative estimate of drug-likeness (QED) is 0.709. The lowest BCUT2D eigenvalue weighted by Gasteiger charge is -2.44. The van der Waals surface area contributed by atoms with Crippen molar-refractivity contribution in [2.24, 2.45) is 11.7 Å². The molecule has 14 heavy (non-hydrogen) atoms. The van der Waals surface area contributed by atoms with Crippen molar-refractivity contribution in [1.29, 1.82) is 0 Å². The molecule has 2 rings (SSSR count). The topological polar surface area (TPSA) is 32.5 Å². The van der Waals surface area contributed by atoms with Gasteiger partial charge >= 0.3 is 0 Å². The van der Waals surface area contributed by atoms with Crippen LogP contribution in [-0.2, 0) is 0 Å². The van der Waals surface area contributed by atoms with Crippen LogP contribution in [0.3, 0.4) is 0 Å². The molecule has 0 aromatic heterocycles. The van der Waals surface area contributed by atoms with E-state index >= 15 is 0 Å². The van der Waals surface area contributed by atoms with E-state index in [2.05, 4.69) is 23.9 Å². The third-order valence-electron chi connectivity index (χ3n) is 3.77. The summed E-state index contributed by atoms with van der Waals surface area (Å²) in [6.45, 7) is 3.81. The van der Waals surface area contributed by atoms with Crippen LogP contribution in [0.2, 0.25) is 0 Å². The molecular weight excluding hydrogens is 174 g/mol. The van der Waals surface area contributed by atoms with Gasteiger partial charge in [0.15, 0.2) is 0 Å². The highest BCUT2D eigenvalue weighted by molar-refractivity contribution is 4.88. The zero-order valence-corrected chi connectivity index (χ0v) is 9.45. The maximum absolute atomic E-state index is 5.91. The predicted molar refractivity (Wildman–Crippen MR) is 59.2 cm³/mol. The number of likely N-dealkylation sites (tertiary alicyclic amines) is 1. The first kappa shape index (κ1) is 10.4. The normalized spacial score (nSPS) is 35.1. The average Bonchev–Trinajstić information content (AvgIpc) is 2.42. The summed E-state index contributed by atoms with van der Waals surface area (Å²) in [5.41, 5.74) is 5.91. The monoisotopic (exact) mass is 197 g/mol. The van der Waals surface area contributed by atoms with Crippen molar-refractivity contribution in [1.82, 2.24) is 9.80 Å². The molecule has 2 N–H and O–H groups in total. The highest BCUT2D eigenvalue weighted by Gasteiger charge is 2.31. The second-order valence-electron chi connectivity index (χ2n) is 5.28. The SMILES string of the molecule is CN(C)C1CN(CC2CCC(N)C2)C1. The Morgan fingerprint density at radius 3 is 2.50 bits per heavy atom. The Balaban J connectivity index is 1.64. The van der Waals surface area contributed by atoms with Crippen LogP contribution in [0.15, 0.2) is 0 Å². The maximum atomic E-state index is 5.91. The van der Waals surface area contributed by atoms with Gasteiger partial charge in [0.05, 0.1) is 0 Å². The van der Waals surface area contributed by atoms with Crippen LogP contribution in [-0.4, -0.2) is 55.6 Å². The van der Waals surface area contributed by atoms with Crippen molar-refractivity contribution in [3.8, 4) is 0 Å². The summed E-state index contributed by atoms with van der Waals surface area (Å²) >= 11 is 0. The van der Waals surface area contributed by atoms with Gasteiger partial charge in [0.1, 0.15) is 0 Å². The maximum Gasteiger partial charge on any atom is 0.0344 e. The molecule has 0 radical (unpaired) electrons. The molecular formula is C11H23N3. The number of nitrogens with two attached hydrogens (primary N) is 1. The van der Waals surface area contributed by atoms with Crippen molar-refractivity contribution in [3.05, 3.63) is 0 Å². The molecule has 1 aliphatic carbocycles. The Hall–Kier alpha value is -0.120. The van der Waals surface area contributed by atoms with E-state index in [1.807, 2.05) is 0 Å². The van der Waals surface area contributed by atoms with Gasteiger partial charge in [-0.05, 0) is 39.3 Å². The van der Waals surface area contributed by atoms with Crippen molar-refractivity contribution in [2.75, 3.05) is 33.7 Å².